The molecule has 2 N–H and O–H groups in total. The normalized spacial score (nSPS) is 9.80. The van der Waals surface area contributed by atoms with Crippen LogP contribution in [0.2, 0.25) is 0 Å². The molecule has 1 rings (SSSR count). The van der Waals surface area contributed by atoms with Gasteiger partial charge >= 0.3 is 0 Å². The molecule has 0 aliphatic carbocycles. The summed E-state index contributed by atoms with van der Waals surface area (Å²) in [5.74, 6) is 4.45. The molecule has 0 aliphatic rings. The molecule has 0 saturated heterocycles. The van der Waals surface area contributed by atoms with Gasteiger partial charge in [0.15, 0.2) is 0 Å². The maximum Gasteiger partial charge on any atom is 0.256 e. The Kier molecular flexibility index (Phi) is 6.71. The van der Waals surface area contributed by atoms with Gasteiger partial charge in [-0.15, -0.1) is 0 Å². The van der Waals surface area contributed by atoms with E-state index in [0.717, 1.165) is 0 Å². The largest absolute Gasteiger partial charge is 0.383 e. The Hall–Kier alpha value is -1.90. The van der Waals surface area contributed by atoms with Crippen molar-refractivity contribution in [3.05, 3.63) is 35.1 Å². The van der Waals surface area contributed by atoms with Gasteiger partial charge in [0.1, 0.15) is 5.82 Å². The van der Waals surface area contributed by atoms with Crippen LogP contribution < -0.4 is 5.73 Å². The molecule has 1 aromatic carbocycles. The van der Waals surface area contributed by atoms with Crippen molar-refractivity contribution in [3.63, 3.8) is 0 Å². The Morgan fingerprint density at radius 1 is 1.50 bits per heavy atom. The number of carbonyl (C=O) groups excluding carboxylic acids is 1. The van der Waals surface area contributed by atoms with Gasteiger partial charge in [-0.1, -0.05) is 11.8 Å². The van der Waals surface area contributed by atoms with Crippen LogP contribution in [0.4, 0.5) is 4.39 Å². The summed E-state index contributed by atoms with van der Waals surface area (Å²) >= 11 is 0. The van der Waals surface area contributed by atoms with Crippen LogP contribution in [0.3, 0.4) is 0 Å². The first kappa shape index (κ1) is 16.2. The molecular formula is C15H19FN2O2. The summed E-state index contributed by atoms with van der Waals surface area (Å²) in [6.07, 6.45) is 0. The SMILES string of the molecule is CCN(CCOC)C(=O)c1ccc(C#CCN)cc1F. The third kappa shape index (κ3) is 4.34. The number of nitrogens with two attached hydrogens (primary N) is 1. The highest BCUT2D eigenvalue weighted by molar-refractivity contribution is 5.94. The third-order valence-electron chi connectivity index (χ3n) is 2.77. The molecule has 0 aromatic heterocycles. The lowest BCUT2D eigenvalue weighted by molar-refractivity contribution is 0.0702. The summed E-state index contributed by atoms with van der Waals surface area (Å²) < 4.78 is 18.9. The van der Waals surface area contributed by atoms with Crippen molar-refractivity contribution in [2.45, 2.75) is 6.92 Å². The zero-order valence-corrected chi connectivity index (χ0v) is 11.8. The Morgan fingerprint density at radius 3 is 2.80 bits per heavy atom. The predicted octanol–water partition coefficient (Wildman–Crippen LogP) is 1.24. The minimum Gasteiger partial charge on any atom is -0.383 e. The fourth-order valence-electron chi connectivity index (χ4n) is 1.69. The third-order valence-corrected chi connectivity index (χ3v) is 2.77. The van der Waals surface area contributed by atoms with Gasteiger partial charge in [-0.05, 0) is 25.1 Å². The van der Waals surface area contributed by atoms with Crippen molar-refractivity contribution >= 4 is 5.91 Å². The number of carbonyl (C=O) groups is 1. The maximum atomic E-state index is 14.0. The number of halogens is 1. The van der Waals surface area contributed by atoms with Gasteiger partial charge < -0.3 is 15.4 Å². The molecule has 0 aliphatic heterocycles. The van der Waals surface area contributed by atoms with Gasteiger partial charge in [0.2, 0.25) is 0 Å². The lowest BCUT2D eigenvalue weighted by atomic mass is 10.1. The van der Waals surface area contributed by atoms with Crippen molar-refractivity contribution in [1.82, 2.24) is 4.90 Å². The van der Waals surface area contributed by atoms with Crippen LogP contribution in [0.5, 0.6) is 0 Å². The van der Waals surface area contributed by atoms with Gasteiger partial charge in [0, 0.05) is 25.8 Å². The predicted molar refractivity (Wildman–Crippen MR) is 75.8 cm³/mol. The summed E-state index contributed by atoms with van der Waals surface area (Å²) in [7, 11) is 1.56. The molecule has 0 bridgehead atoms. The molecule has 5 heteroatoms. The van der Waals surface area contributed by atoms with Crippen LogP contribution in [-0.2, 0) is 4.74 Å². The van der Waals surface area contributed by atoms with Crippen LogP contribution in [0.15, 0.2) is 18.2 Å². The van der Waals surface area contributed by atoms with E-state index in [1.54, 1.807) is 13.2 Å². The van der Waals surface area contributed by atoms with Crippen molar-refractivity contribution in [1.29, 1.82) is 0 Å². The second-order valence-corrected chi connectivity index (χ2v) is 4.08. The smallest absolute Gasteiger partial charge is 0.256 e. The Bertz CT molecular complexity index is 520. The first-order valence-corrected chi connectivity index (χ1v) is 6.40. The van der Waals surface area contributed by atoms with Gasteiger partial charge in [0.05, 0.1) is 18.7 Å². The van der Waals surface area contributed by atoms with E-state index in [9.17, 15) is 9.18 Å². The Morgan fingerprint density at radius 2 is 2.25 bits per heavy atom. The zero-order valence-electron chi connectivity index (χ0n) is 11.8. The van der Waals surface area contributed by atoms with Crippen LogP contribution in [0.1, 0.15) is 22.8 Å². The van der Waals surface area contributed by atoms with E-state index in [2.05, 4.69) is 11.8 Å². The highest BCUT2D eigenvalue weighted by Crippen LogP contribution is 2.12. The number of nitrogens with zero attached hydrogens (tertiary/aromatic N) is 1. The standard InChI is InChI=1S/C15H19FN2O2/c1-3-18(9-10-20-2)15(19)13-7-6-12(5-4-8-17)11-14(13)16/h6-7,11H,3,8-10,17H2,1-2H3. The molecule has 0 atom stereocenters. The first-order chi connectivity index (χ1) is 9.63. The monoisotopic (exact) mass is 278 g/mol. The minimum absolute atomic E-state index is 0.0428. The average molecular weight is 278 g/mol. The van der Waals surface area contributed by atoms with E-state index in [1.807, 2.05) is 6.92 Å². The number of benzene rings is 1. The first-order valence-electron chi connectivity index (χ1n) is 6.40. The second-order valence-electron chi connectivity index (χ2n) is 4.08. The van der Waals surface area contributed by atoms with Crippen LogP contribution in [0.25, 0.3) is 0 Å². The molecule has 0 fully saturated rings. The summed E-state index contributed by atoms with van der Waals surface area (Å²) in [6, 6.07) is 4.32. The van der Waals surface area contributed by atoms with Crippen molar-refractivity contribution in [3.8, 4) is 11.8 Å². The number of hydrogen-bond donors (Lipinski definition) is 1. The molecule has 1 amide bonds. The number of ether oxygens (including phenoxy) is 1. The summed E-state index contributed by atoms with van der Waals surface area (Å²) in [5.41, 5.74) is 5.80. The lowest BCUT2D eigenvalue weighted by Crippen LogP contribution is -2.34. The number of methoxy groups -OCH3 is 1. The molecular weight excluding hydrogens is 259 g/mol. The van der Waals surface area contributed by atoms with Gasteiger partial charge in [-0.25, -0.2) is 4.39 Å². The van der Waals surface area contributed by atoms with Gasteiger partial charge in [0.25, 0.3) is 5.91 Å². The summed E-state index contributed by atoms with van der Waals surface area (Å²) in [5, 5.41) is 0. The van der Waals surface area contributed by atoms with Crippen LogP contribution in [0, 0.1) is 17.7 Å². The molecule has 0 heterocycles. The molecule has 0 unspecified atom stereocenters. The second kappa shape index (κ2) is 8.31. The number of likely N-dealkylation sites (N-methyl/N-ethyl adjacent to an activating group) is 1. The lowest BCUT2D eigenvalue weighted by Gasteiger charge is -2.20. The van der Waals surface area contributed by atoms with E-state index in [4.69, 9.17) is 10.5 Å². The van der Waals surface area contributed by atoms with Crippen LogP contribution >= 0.6 is 0 Å². The van der Waals surface area contributed by atoms with E-state index in [-0.39, 0.29) is 18.0 Å². The highest BCUT2D eigenvalue weighted by atomic mass is 19.1. The topological polar surface area (TPSA) is 55.6 Å². The van der Waals surface area contributed by atoms with E-state index >= 15 is 0 Å². The highest BCUT2D eigenvalue weighted by Gasteiger charge is 2.17. The molecule has 20 heavy (non-hydrogen) atoms. The fraction of sp³-hybridized carbons (Fsp3) is 0.400. The Labute approximate surface area is 118 Å². The summed E-state index contributed by atoms with van der Waals surface area (Å²) in [4.78, 5) is 13.7. The van der Waals surface area contributed by atoms with Crippen molar-refractivity contribution in [2.75, 3.05) is 33.4 Å². The van der Waals surface area contributed by atoms with E-state index < -0.39 is 5.82 Å². The van der Waals surface area contributed by atoms with E-state index in [1.165, 1.54) is 17.0 Å². The van der Waals surface area contributed by atoms with Crippen molar-refractivity contribution < 1.29 is 13.9 Å². The van der Waals surface area contributed by atoms with Crippen molar-refractivity contribution in [2.24, 2.45) is 5.73 Å². The number of amides is 1. The quantitative estimate of drug-likeness (QED) is 0.825. The molecule has 0 radical (unpaired) electrons. The number of hydrogen-bond acceptors (Lipinski definition) is 3. The molecule has 108 valence electrons. The van der Waals surface area contributed by atoms with E-state index in [0.29, 0.717) is 25.3 Å². The maximum absolute atomic E-state index is 14.0. The Balaban J connectivity index is 2.92. The summed E-state index contributed by atoms with van der Waals surface area (Å²) in [6.45, 7) is 3.40. The average Bonchev–Trinajstić information content (AvgIpc) is 2.45. The fourth-order valence-corrected chi connectivity index (χ4v) is 1.69. The minimum atomic E-state index is -0.574. The molecule has 0 saturated carbocycles. The number of rotatable bonds is 5. The molecule has 4 nitrogen and oxygen atoms in total. The molecule has 0 spiro atoms. The molecule has 1 aromatic rings. The van der Waals surface area contributed by atoms with Gasteiger partial charge in [-0.2, -0.15) is 0 Å². The van der Waals surface area contributed by atoms with Gasteiger partial charge in [-0.3, -0.25) is 4.79 Å². The van der Waals surface area contributed by atoms with Crippen LogP contribution in [-0.4, -0.2) is 44.2 Å². The zero-order chi connectivity index (χ0) is 15.0.